The zero-order chi connectivity index (χ0) is 17.1. The highest BCUT2D eigenvalue weighted by atomic mass is 16.3. The van der Waals surface area contributed by atoms with Gasteiger partial charge in [-0.05, 0) is 18.2 Å². The summed E-state index contributed by atoms with van der Waals surface area (Å²) in [6.07, 6.45) is 2.82. The Morgan fingerprint density at radius 3 is 2.58 bits per heavy atom. The number of carbonyl (C=O) groups is 1. The molecule has 0 unspecified atom stereocenters. The van der Waals surface area contributed by atoms with Gasteiger partial charge in [0.05, 0.1) is 11.2 Å². The first-order valence-corrected chi connectivity index (χ1v) is 7.23. The molecule has 0 aliphatic carbocycles. The van der Waals surface area contributed by atoms with Crippen LogP contribution in [0.4, 0.5) is 5.69 Å². The highest BCUT2D eigenvalue weighted by Crippen LogP contribution is 2.23. The average Bonchev–Trinajstić information content (AvgIpc) is 2.94. The third-order valence-corrected chi connectivity index (χ3v) is 3.60. The molecular formula is C18H14N4O2. The van der Waals surface area contributed by atoms with E-state index >= 15 is 0 Å². The molecule has 1 N–H and O–H groups in total. The number of carbonyl (C=O) groups excluding carboxylic acids is 1. The number of benzene rings is 2. The topological polar surface area (TPSA) is 82.2 Å². The van der Waals surface area contributed by atoms with Crippen LogP contribution in [-0.2, 0) is 11.8 Å². The first-order valence-electron chi connectivity index (χ1n) is 7.23. The molecule has 0 aliphatic heterocycles. The molecule has 0 saturated carbocycles. The van der Waals surface area contributed by atoms with E-state index in [4.69, 9.17) is 0 Å². The van der Waals surface area contributed by atoms with Crippen LogP contribution in [0.5, 0.6) is 0 Å². The molecule has 0 radical (unpaired) electrons. The molecule has 0 atom stereocenters. The van der Waals surface area contributed by atoms with Crippen molar-refractivity contribution in [2.24, 2.45) is 7.05 Å². The predicted molar refractivity (Wildman–Crippen MR) is 90.9 cm³/mol. The van der Waals surface area contributed by atoms with E-state index in [1.807, 2.05) is 30.5 Å². The lowest BCUT2D eigenvalue weighted by molar-refractivity contribution is -0.113. The van der Waals surface area contributed by atoms with Gasteiger partial charge < -0.3 is 5.11 Å². The van der Waals surface area contributed by atoms with Crippen molar-refractivity contribution >= 4 is 28.3 Å². The molecule has 1 amide bonds. The lowest BCUT2D eigenvalue weighted by Gasteiger charge is -2.11. The van der Waals surface area contributed by atoms with Crippen LogP contribution in [0.15, 0.2) is 60.7 Å². The Balaban J connectivity index is 1.98. The number of aryl methyl sites for hydroxylation is 1. The predicted octanol–water partition coefficient (Wildman–Crippen LogP) is 2.99. The van der Waals surface area contributed by atoms with E-state index in [1.165, 1.54) is 0 Å². The zero-order valence-electron chi connectivity index (χ0n) is 12.9. The number of amides is 1. The van der Waals surface area contributed by atoms with Crippen molar-refractivity contribution in [1.82, 2.24) is 9.78 Å². The molecule has 1 heterocycles. The summed E-state index contributed by atoms with van der Waals surface area (Å²) in [5.41, 5.74) is 1.56. The van der Waals surface area contributed by atoms with E-state index in [1.54, 1.807) is 42.1 Å². The fraction of sp³-hybridized carbons (Fsp3) is 0.0556. The number of hydrogen-bond donors (Lipinski definition) is 1. The van der Waals surface area contributed by atoms with Crippen LogP contribution in [0, 0.1) is 11.5 Å². The summed E-state index contributed by atoms with van der Waals surface area (Å²) < 4.78 is 1.62. The molecule has 0 aliphatic rings. The maximum absolute atomic E-state index is 12.3. The van der Waals surface area contributed by atoms with Gasteiger partial charge in [0.25, 0.3) is 5.91 Å². The van der Waals surface area contributed by atoms with Gasteiger partial charge in [-0.15, -0.1) is 0 Å². The number of fused-ring (bicyclic) bond motifs is 1. The largest absolute Gasteiger partial charge is 0.505 e. The average molecular weight is 318 g/mol. The minimum Gasteiger partial charge on any atom is -0.505 e. The van der Waals surface area contributed by atoms with Crippen molar-refractivity contribution in [1.29, 1.82) is 5.26 Å². The monoisotopic (exact) mass is 318 g/mol. The Kier molecular flexibility index (Phi) is 4.00. The second-order valence-electron chi connectivity index (χ2n) is 5.13. The molecule has 6 nitrogen and oxygen atoms in total. The lowest BCUT2D eigenvalue weighted by Crippen LogP contribution is -2.23. The van der Waals surface area contributed by atoms with Crippen molar-refractivity contribution in [2.75, 3.05) is 4.90 Å². The summed E-state index contributed by atoms with van der Waals surface area (Å²) in [5.74, 6) is -0.927. The fourth-order valence-electron chi connectivity index (χ4n) is 2.46. The van der Waals surface area contributed by atoms with Crippen molar-refractivity contribution in [2.45, 2.75) is 0 Å². The van der Waals surface area contributed by atoms with Crippen molar-refractivity contribution in [3.63, 3.8) is 0 Å². The number of rotatable bonds is 3. The molecule has 6 heteroatoms. The second kappa shape index (κ2) is 6.26. The number of nitriles is 1. The first-order chi connectivity index (χ1) is 11.6. The number of para-hydroxylation sites is 2. The van der Waals surface area contributed by atoms with Crippen molar-refractivity contribution < 1.29 is 9.90 Å². The fourth-order valence-corrected chi connectivity index (χ4v) is 2.46. The van der Waals surface area contributed by atoms with Gasteiger partial charge in [-0.25, -0.2) is 4.90 Å². The van der Waals surface area contributed by atoms with Gasteiger partial charge in [0.1, 0.15) is 11.5 Å². The van der Waals surface area contributed by atoms with Crippen LogP contribution < -0.4 is 4.90 Å². The third-order valence-electron chi connectivity index (χ3n) is 3.60. The standard InChI is InChI=1S/C18H14N4O2/c1-21-15-10-6-5-9-14(15)18(20-21)16(23)11-17(24)22(12-19)13-7-3-2-4-8-13/h2-11,23H,1H3. The van der Waals surface area contributed by atoms with E-state index in [0.717, 1.165) is 21.9 Å². The molecule has 0 saturated heterocycles. The van der Waals surface area contributed by atoms with Gasteiger partial charge in [0, 0.05) is 18.5 Å². The highest BCUT2D eigenvalue weighted by molar-refractivity contribution is 6.07. The van der Waals surface area contributed by atoms with Crippen molar-refractivity contribution in [3.05, 3.63) is 66.4 Å². The molecule has 24 heavy (non-hydrogen) atoms. The van der Waals surface area contributed by atoms with Crippen LogP contribution >= 0.6 is 0 Å². The Morgan fingerprint density at radius 2 is 1.88 bits per heavy atom. The molecular weight excluding hydrogens is 304 g/mol. The Labute approximate surface area is 138 Å². The first kappa shape index (κ1) is 15.3. The summed E-state index contributed by atoms with van der Waals surface area (Å²) in [4.78, 5) is 13.2. The van der Waals surface area contributed by atoms with E-state index in [-0.39, 0.29) is 5.76 Å². The maximum atomic E-state index is 12.3. The van der Waals surface area contributed by atoms with E-state index in [2.05, 4.69) is 5.10 Å². The van der Waals surface area contributed by atoms with Crippen LogP contribution in [-0.4, -0.2) is 20.8 Å². The molecule has 3 rings (SSSR count). The van der Waals surface area contributed by atoms with Gasteiger partial charge in [-0.1, -0.05) is 36.4 Å². The third kappa shape index (κ3) is 2.71. The Hall–Kier alpha value is -3.59. The quantitative estimate of drug-likeness (QED) is 0.348. The summed E-state index contributed by atoms with van der Waals surface area (Å²) in [6.45, 7) is 0. The van der Waals surface area contributed by atoms with Crippen LogP contribution in [0.2, 0.25) is 0 Å². The Bertz CT molecular complexity index is 968. The van der Waals surface area contributed by atoms with Gasteiger partial charge in [0.15, 0.2) is 6.19 Å². The van der Waals surface area contributed by atoms with Gasteiger partial charge >= 0.3 is 0 Å². The number of aliphatic hydroxyl groups excluding tert-OH is 1. The molecule has 0 spiro atoms. The maximum Gasteiger partial charge on any atom is 0.268 e. The molecule has 1 aromatic heterocycles. The minimum absolute atomic E-state index is 0.284. The van der Waals surface area contributed by atoms with E-state index < -0.39 is 5.91 Å². The van der Waals surface area contributed by atoms with Gasteiger partial charge in [-0.3, -0.25) is 9.48 Å². The number of anilines is 1. The highest BCUT2D eigenvalue weighted by Gasteiger charge is 2.17. The summed E-state index contributed by atoms with van der Waals surface area (Å²) >= 11 is 0. The van der Waals surface area contributed by atoms with Gasteiger partial charge in [-0.2, -0.15) is 10.4 Å². The zero-order valence-corrected chi connectivity index (χ0v) is 12.9. The van der Waals surface area contributed by atoms with Crippen LogP contribution in [0.25, 0.3) is 16.7 Å². The van der Waals surface area contributed by atoms with Crippen LogP contribution in [0.3, 0.4) is 0 Å². The smallest absolute Gasteiger partial charge is 0.268 e. The Morgan fingerprint density at radius 1 is 1.21 bits per heavy atom. The SMILES string of the molecule is Cn1nc(C(O)=CC(=O)N(C#N)c2ccccc2)c2ccccc21. The molecule has 2 aromatic carbocycles. The summed E-state index contributed by atoms with van der Waals surface area (Å²) in [6, 6.07) is 15.9. The number of nitrogens with zero attached hydrogens (tertiary/aromatic N) is 4. The summed E-state index contributed by atoms with van der Waals surface area (Å²) in [5, 5.41) is 24.5. The number of hydrogen-bond acceptors (Lipinski definition) is 4. The van der Waals surface area contributed by atoms with Gasteiger partial charge in [0.2, 0.25) is 0 Å². The molecule has 0 fully saturated rings. The van der Waals surface area contributed by atoms with Crippen LogP contribution in [0.1, 0.15) is 5.69 Å². The van der Waals surface area contributed by atoms with E-state index in [0.29, 0.717) is 11.4 Å². The minimum atomic E-state index is -0.643. The second-order valence-corrected chi connectivity index (χ2v) is 5.13. The molecule has 0 bridgehead atoms. The van der Waals surface area contributed by atoms with E-state index in [9.17, 15) is 15.2 Å². The molecule has 118 valence electrons. The lowest BCUT2D eigenvalue weighted by atomic mass is 10.2. The van der Waals surface area contributed by atoms with Crippen molar-refractivity contribution in [3.8, 4) is 6.19 Å². The normalized spacial score (nSPS) is 11.2. The summed E-state index contributed by atoms with van der Waals surface area (Å²) in [7, 11) is 1.76. The number of aromatic nitrogens is 2. The number of aliphatic hydroxyl groups is 1. The molecule has 3 aromatic rings.